The van der Waals surface area contributed by atoms with Gasteiger partial charge in [0.05, 0.1) is 0 Å². The summed E-state index contributed by atoms with van der Waals surface area (Å²) < 4.78 is 0. The Morgan fingerprint density at radius 3 is 1.90 bits per heavy atom. The number of hydrogen-bond acceptors (Lipinski definition) is 0. The lowest BCUT2D eigenvalue weighted by atomic mass is 10.4. The van der Waals surface area contributed by atoms with Crippen molar-refractivity contribution in [1.82, 2.24) is 0 Å². The molecule has 1 radical (unpaired) electrons. The second kappa shape index (κ2) is 3.14. The van der Waals surface area contributed by atoms with Crippen LogP contribution in [0, 0.1) is 6.07 Å². The summed E-state index contributed by atoms with van der Waals surface area (Å²) in [5, 5.41) is 0.802. The third-order valence-corrected chi connectivity index (χ3v) is 4.00. The molecule has 0 aliphatic heterocycles. The number of benzene rings is 1. The molecule has 0 atom stereocenters. The standard InChI is InChI=1S/C6H4Cl3Si/c7-10(8,9)6-4-2-1-3-5-6/h2-5H. The van der Waals surface area contributed by atoms with Gasteiger partial charge in [0, 0.05) is 0 Å². The topological polar surface area (TPSA) is 0 Å². The molecule has 4 heteroatoms. The molecule has 0 aromatic heterocycles. The Kier molecular flexibility index (Phi) is 2.64. The van der Waals surface area contributed by atoms with Crippen LogP contribution in [0.1, 0.15) is 0 Å². The third-order valence-electron chi connectivity index (χ3n) is 1.05. The Morgan fingerprint density at radius 2 is 1.60 bits per heavy atom. The summed E-state index contributed by atoms with van der Waals surface area (Å²) in [5.74, 6) is 0. The van der Waals surface area contributed by atoms with Crippen molar-refractivity contribution in [2.24, 2.45) is 0 Å². The molecule has 0 aliphatic rings. The van der Waals surface area contributed by atoms with Crippen LogP contribution < -0.4 is 5.19 Å². The van der Waals surface area contributed by atoms with E-state index in [1.54, 1.807) is 24.3 Å². The average Bonchev–Trinajstić information content (AvgIpc) is 1.88. The Hall–Kier alpha value is 0.307. The van der Waals surface area contributed by atoms with Crippen LogP contribution in [0.3, 0.4) is 0 Å². The van der Waals surface area contributed by atoms with Crippen molar-refractivity contribution in [1.29, 1.82) is 0 Å². The van der Waals surface area contributed by atoms with Crippen molar-refractivity contribution in [3.63, 3.8) is 0 Å². The predicted molar refractivity (Wildman–Crippen MR) is 48.2 cm³/mol. The van der Waals surface area contributed by atoms with Crippen molar-refractivity contribution in [2.45, 2.75) is 0 Å². The first-order valence-corrected chi connectivity index (χ1v) is 7.67. The van der Waals surface area contributed by atoms with Crippen molar-refractivity contribution >= 4 is 44.4 Å². The van der Waals surface area contributed by atoms with Crippen molar-refractivity contribution in [2.75, 3.05) is 0 Å². The van der Waals surface area contributed by atoms with Gasteiger partial charge in [-0.3, -0.25) is 0 Å². The van der Waals surface area contributed by atoms with Crippen LogP contribution in [0.4, 0.5) is 0 Å². The highest BCUT2D eigenvalue weighted by molar-refractivity contribution is 7.69. The summed E-state index contributed by atoms with van der Waals surface area (Å²) in [6.07, 6.45) is 0. The third kappa shape index (κ3) is 2.17. The molecule has 0 saturated carbocycles. The zero-order chi connectivity index (χ0) is 7.61. The van der Waals surface area contributed by atoms with Crippen molar-refractivity contribution in [3.05, 3.63) is 30.3 Å². The van der Waals surface area contributed by atoms with Gasteiger partial charge >= 0.3 is 6.00 Å². The molecule has 0 heterocycles. The molecule has 53 valence electrons. The molecule has 0 N–H and O–H groups in total. The molecule has 0 unspecified atom stereocenters. The molecule has 0 spiro atoms. The molecule has 1 aromatic carbocycles. The van der Waals surface area contributed by atoms with Crippen LogP contribution in [0.15, 0.2) is 24.3 Å². The molecule has 0 nitrogen and oxygen atoms in total. The van der Waals surface area contributed by atoms with Gasteiger partial charge in [0.15, 0.2) is 0 Å². The maximum absolute atomic E-state index is 5.71. The lowest BCUT2D eigenvalue weighted by Gasteiger charge is -2.05. The van der Waals surface area contributed by atoms with E-state index in [2.05, 4.69) is 6.07 Å². The summed E-state index contributed by atoms with van der Waals surface area (Å²) in [7, 11) is 0. The van der Waals surface area contributed by atoms with Gasteiger partial charge in [0.25, 0.3) is 0 Å². The highest BCUT2D eigenvalue weighted by Crippen LogP contribution is 2.18. The summed E-state index contributed by atoms with van der Waals surface area (Å²) >= 11 is 17.1. The number of halogens is 3. The molecule has 0 fully saturated rings. The summed E-state index contributed by atoms with van der Waals surface area (Å²) in [6, 6.07) is 7.25. The van der Waals surface area contributed by atoms with E-state index < -0.39 is 6.00 Å². The van der Waals surface area contributed by atoms with Crippen molar-refractivity contribution in [3.8, 4) is 0 Å². The minimum absolute atomic E-state index is 0.802. The van der Waals surface area contributed by atoms with Crippen LogP contribution in [0.2, 0.25) is 0 Å². The zero-order valence-corrected chi connectivity index (χ0v) is 8.21. The number of rotatable bonds is 1. The first-order valence-electron chi connectivity index (χ1n) is 2.64. The monoisotopic (exact) mass is 209 g/mol. The maximum atomic E-state index is 5.71. The molecule has 1 aromatic rings. The second-order valence-electron chi connectivity index (χ2n) is 1.79. The fourth-order valence-corrected chi connectivity index (χ4v) is 2.25. The Morgan fingerprint density at radius 1 is 1.10 bits per heavy atom. The molecular formula is C6H4Cl3Si. The van der Waals surface area contributed by atoms with Crippen LogP contribution in [-0.2, 0) is 0 Å². The molecule has 0 aliphatic carbocycles. The minimum Gasteiger partial charge on any atom is -0.121 e. The van der Waals surface area contributed by atoms with Crippen molar-refractivity contribution < 1.29 is 0 Å². The second-order valence-corrected chi connectivity index (χ2v) is 10.2. The smallest absolute Gasteiger partial charge is 0.121 e. The summed E-state index contributed by atoms with van der Waals surface area (Å²) in [6.45, 7) is 0. The summed E-state index contributed by atoms with van der Waals surface area (Å²) in [5.41, 5.74) is 0. The van der Waals surface area contributed by atoms with E-state index >= 15 is 0 Å². The van der Waals surface area contributed by atoms with Gasteiger partial charge in [-0.15, -0.1) is 33.2 Å². The summed E-state index contributed by atoms with van der Waals surface area (Å²) in [4.78, 5) is 0. The van der Waals surface area contributed by atoms with Crippen LogP contribution in [0.25, 0.3) is 0 Å². The molecular weight excluding hydrogens is 207 g/mol. The van der Waals surface area contributed by atoms with Gasteiger partial charge in [0.1, 0.15) is 0 Å². The highest BCUT2D eigenvalue weighted by atomic mass is 35.8. The van der Waals surface area contributed by atoms with Gasteiger partial charge < -0.3 is 0 Å². The SMILES string of the molecule is Cl[Si](Cl)(Cl)c1cc[c]cc1. The van der Waals surface area contributed by atoms with Gasteiger partial charge in [-0.1, -0.05) is 24.3 Å². The quantitative estimate of drug-likeness (QED) is 0.493. The fraction of sp³-hybridized carbons (Fsp3) is 0. The van der Waals surface area contributed by atoms with Gasteiger partial charge in [0.2, 0.25) is 0 Å². The van der Waals surface area contributed by atoms with E-state index in [9.17, 15) is 0 Å². The lowest BCUT2D eigenvalue weighted by Crippen LogP contribution is -2.29. The number of hydrogen-bond donors (Lipinski definition) is 0. The normalized spacial score (nSPS) is 11.5. The Labute approximate surface area is 74.8 Å². The first-order chi connectivity index (χ1) is 4.61. The van der Waals surface area contributed by atoms with E-state index in [1.807, 2.05) is 0 Å². The van der Waals surface area contributed by atoms with Gasteiger partial charge in [-0.25, -0.2) is 0 Å². The van der Waals surface area contributed by atoms with Crippen LogP contribution in [-0.4, -0.2) is 6.00 Å². The van der Waals surface area contributed by atoms with Gasteiger partial charge in [-0.2, -0.15) is 0 Å². The van der Waals surface area contributed by atoms with E-state index in [0.29, 0.717) is 0 Å². The largest absolute Gasteiger partial charge is 0.372 e. The van der Waals surface area contributed by atoms with E-state index in [4.69, 9.17) is 33.2 Å². The highest BCUT2D eigenvalue weighted by Gasteiger charge is 2.27. The Balaban J connectivity index is 2.97. The molecule has 10 heavy (non-hydrogen) atoms. The van der Waals surface area contributed by atoms with E-state index in [1.165, 1.54) is 0 Å². The predicted octanol–water partition coefficient (Wildman–Crippen LogP) is 2.35. The zero-order valence-electron chi connectivity index (χ0n) is 4.94. The maximum Gasteiger partial charge on any atom is 0.372 e. The molecule has 0 bridgehead atoms. The first kappa shape index (κ1) is 8.40. The lowest BCUT2D eigenvalue weighted by molar-refractivity contribution is 1.75. The molecule has 0 saturated heterocycles. The average molecular weight is 211 g/mol. The molecule has 1 rings (SSSR count). The Bertz CT molecular complexity index is 204. The minimum atomic E-state index is -2.64. The van der Waals surface area contributed by atoms with Crippen LogP contribution >= 0.6 is 33.2 Å². The van der Waals surface area contributed by atoms with Crippen LogP contribution in [0.5, 0.6) is 0 Å². The van der Waals surface area contributed by atoms with E-state index in [-0.39, 0.29) is 0 Å². The molecule has 0 amide bonds. The fourth-order valence-electron chi connectivity index (χ4n) is 0.576. The van der Waals surface area contributed by atoms with Gasteiger partial charge in [-0.05, 0) is 11.3 Å². The van der Waals surface area contributed by atoms with E-state index in [0.717, 1.165) is 5.19 Å².